The van der Waals surface area contributed by atoms with Crippen molar-refractivity contribution in [1.82, 2.24) is 0 Å². The van der Waals surface area contributed by atoms with Crippen LogP contribution in [-0.2, 0) is 11.3 Å². The first-order chi connectivity index (χ1) is 13.2. The minimum absolute atomic E-state index is 0.00906. The minimum Gasteiger partial charge on any atom is -0.490 e. The fraction of sp³-hybridized carbons (Fsp3) is 0.174. The maximum absolute atomic E-state index is 12.5. The third kappa shape index (κ3) is 5.19. The summed E-state index contributed by atoms with van der Waals surface area (Å²) in [6.07, 6.45) is 1.72. The van der Waals surface area contributed by atoms with E-state index in [9.17, 15) is 4.79 Å². The molecule has 0 aliphatic rings. The lowest BCUT2D eigenvalue weighted by molar-refractivity contribution is -0.885. The Morgan fingerprint density at radius 1 is 1.07 bits per heavy atom. The molecule has 3 rings (SSSR count). The van der Waals surface area contributed by atoms with E-state index in [1.54, 1.807) is 6.08 Å². The Hall–Kier alpha value is -3.11. The highest BCUT2D eigenvalue weighted by molar-refractivity contribution is 6.02. The quantitative estimate of drug-likeness (QED) is 0.606. The van der Waals surface area contributed by atoms with Gasteiger partial charge in [0, 0.05) is 16.6 Å². The summed E-state index contributed by atoms with van der Waals surface area (Å²) in [5.41, 5.74) is 2.02. The van der Waals surface area contributed by atoms with Crippen molar-refractivity contribution in [3.05, 3.63) is 84.9 Å². The molecule has 0 fully saturated rings. The number of quaternary nitrogens is 1. The number of benzene rings is 3. The highest BCUT2D eigenvalue weighted by Gasteiger charge is 2.12. The van der Waals surface area contributed by atoms with Crippen LogP contribution < -0.4 is 15.0 Å². The van der Waals surface area contributed by atoms with E-state index in [0.29, 0.717) is 13.2 Å². The monoisotopic (exact) mass is 361 g/mol. The van der Waals surface area contributed by atoms with Gasteiger partial charge in [0.05, 0.1) is 7.05 Å². The Labute approximate surface area is 160 Å². The second kappa shape index (κ2) is 9.01. The average Bonchev–Trinajstić information content (AvgIpc) is 2.67. The molecule has 2 N–H and O–H groups in total. The number of carbonyl (C=O) groups is 1. The van der Waals surface area contributed by atoms with Gasteiger partial charge in [-0.25, -0.2) is 0 Å². The molecule has 0 aliphatic heterocycles. The predicted octanol–water partition coefficient (Wildman–Crippen LogP) is 3.06. The molecule has 0 bridgehead atoms. The second-order valence-corrected chi connectivity index (χ2v) is 6.63. The van der Waals surface area contributed by atoms with Crippen LogP contribution in [0.1, 0.15) is 5.56 Å². The lowest BCUT2D eigenvalue weighted by atomic mass is 10.1. The molecular formula is C23H25N2O2+. The van der Waals surface area contributed by atoms with Crippen molar-refractivity contribution in [2.24, 2.45) is 0 Å². The van der Waals surface area contributed by atoms with Crippen LogP contribution in [0, 0.1) is 0 Å². The van der Waals surface area contributed by atoms with Crippen LogP contribution in [0.5, 0.6) is 5.75 Å². The number of anilines is 1. The van der Waals surface area contributed by atoms with Gasteiger partial charge in [0.1, 0.15) is 18.9 Å². The fourth-order valence-electron chi connectivity index (χ4n) is 3.07. The van der Waals surface area contributed by atoms with Gasteiger partial charge >= 0.3 is 0 Å². The van der Waals surface area contributed by atoms with E-state index in [2.05, 4.69) is 11.9 Å². The number of rotatable bonds is 8. The Morgan fingerprint density at radius 2 is 1.81 bits per heavy atom. The SMILES string of the molecule is C=CCOc1ccc(C[NH+](C)CC(=O)Nc2cccc3ccccc23)cc1. The summed E-state index contributed by atoms with van der Waals surface area (Å²) >= 11 is 0. The van der Waals surface area contributed by atoms with E-state index >= 15 is 0 Å². The molecule has 0 aliphatic carbocycles. The van der Waals surface area contributed by atoms with Crippen molar-refractivity contribution in [2.45, 2.75) is 6.54 Å². The van der Waals surface area contributed by atoms with Gasteiger partial charge in [0.15, 0.2) is 6.54 Å². The van der Waals surface area contributed by atoms with Crippen LogP contribution in [-0.4, -0.2) is 26.1 Å². The molecular weight excluding hydrogens is 336 g/mol. The molecule has 0 aromatic heterocycles. The Morgan fingerprint density at radius 3 is 2.59 bits per heavy atom. The molecule has 0 radical (unpaired) electrons. The zero-order valence-electron chi connectivity index (χ0n) is 15.6. The van der Waals surface area contributed by atoms with Gasteiger partial charge in [-0.1, -0.05) is 49.1 Å². The first-order valence-corrected chi connectivity index (χ1v) is 9.07. The second-order valence-electron chi connectivity index (χ2n) is 6.63. The number of amides is 1. The number of hydrogen-bond acceptors (Lipinski definition) is 2. The van der Waals surface area contributed by atoms with Crippen molar-refractivity contribution >= 4 is 22.4 Å². The zero-order chi connectivity index (χ0) is 19.1. The topological polar surface area (TPSA) is 42.8 Å². The largest absolute Gasteiger partial charge is 0.490 e. The van der Waals surface area contributed by atoms with Crippen LogP contribution in [0.15, 0.2) is 79.4 Å². The number of nitrogens with one attached hydrogen (secondary N) is 2. The predicted molar refractivity (Wildman–Crippen MR) is 110 cm³/mol. The first kappa shape index (κ1) is 18.7. The van der Waals surface area contributed by atoms with Crippen molar-refractivity contribution in [3.63, 3.8) is 0 Å². The number of fused-ring (bicyclic) bond motifs is 1. The molecule has 1 unspecified atom stereocenters. The molecule has 1 amide bonds. The van der Waals surface area contributed by atoms with Crippen LogP contribution in [0.4, 0.5) is 5.69 Å². The summed E-state index contributed by atoms with van der Waals surface area (Å²) in [6, 6.07) is 22.0. The number of carbonyl (C=O) groups excluding carboxylic acids is 1. The summed E-state index contributed by atoms with van der Waals surface area (Å²) < 4.78 is 5.49. The maximum Gasteiger partial charge on any atom is 0.279 e. The minimum atomic E-state index is 0.00906. The molecule has 0 saturated heterocycles. The summed E-state index contributed by atoms with van der Waals surface area (Å²) in [5, 5.41) is 5.22. The smallest absolute Gasteiger partial charge is 0.279 e. The number of ether oxygens (including phenoxy) is 1. The van der Waals surface area contributed by atoms with Crippen LogP contribution in [0.2, 0.25) is 0 Å². The Bertz CT molecular complexity index is 914. The molecule has 3 aromatic carbocycles. The van der Waals surface area contributed by atoms with E-state index < -0.39 is 0 Å². The highest BCUT2D eigenvalue weighted by atomic mass is 16.5. The molecule has 0 heterocycles. The van der Waals surface area contributed by atoms with E-state index in [-0.39, 0.29) is 5.91 Å². The maximum atomic E-state index is 12.5. The molecule has 0 saturated carbocycles. The average molecular weight is 361 g/mol. The van der Waals surface area contributed by atoms with Crippen LogP contribution >= 0.6 is 0 Å². The fourth-order valence-corrected chi connectivity index (χ4v) is 3.07. The third-order valence-electron chi connectivity index (χ3n) is 4.32. The van der Waals surface area contributed by atoms with E-state index in [1.807, 2.05) is 73.8 Å². The number of likely N-dealkylation sites (N-methyl/N-ethyl adjacent to an activating group) is 1. The normalized spacial score (nSPS) is 11.7. The Balaban J connectivity index is 1.56. The van der Waals surface area contributed by atoms with Gasteiger partial charge in [-0.2, -0.15) is 0 Å². The van der Waals surface area contributed by atoms with Crippen molar-refractivity contribution in [2.75, 3.05) is 25.5 Å². The highest BCUT2D eigenvalue weighted by Crippen LogP contribution is 2.22. The molecule has 27 heavy (non-hydrogen) atoms. The molecule has 1 atom stereocenters. The van der Waals surface area contributed by atoms with Gasteiger partial charge < -0.3 is 15.0 Å². The lowest BCUT2D eigenvalue weighted by Crippen LogP contribution is -3.08. The molecule has 4 heteroatoms. The van der Waals surface area contributed by atoms with E-state index in [0.717, 1.165) is 39.2 Å². The Kier molecular flexibility index (Phi) is 6.23. The summed E-state index contributed by atoms with van der Waals surface area (Å²) in [7, 11) is 2.02. The first-order valence-electron chi connectivity index (χ1n) is 9.07. The van der Waals surface area contributed by atoms with Gasteiger partial charge in [-0.15, -0.1) is 0 Å². The lowest BCUT2D eigenvalue weighted by Gasteiger charge is -2.15. The summed E-state index contributed by atoms with van der Waals surface area (Å²) in [6.45, 7) is 5.31. The zero-order valence-corrected chi connectivity index (χ0v) is 15.6. The van der Waals surface area contributed by atoms with Crippen molar-refractivity contribution in [1.29, 1.82) is 0 Å². The van der Waals surface area contributed by atoms with Gasteiger partial charge in [-0.3, -0.25) is 4.79 Å². The van der Waals surface area contributed by atoms with Crippen LogP contribution in [0.25, 0.3) is 10.8 Å². The van der Waals surface area contributed by atoms with Crippen LogP contribution in [0.3, 0.4) is 0 Å². The van der Waals surface area contributed by atoms with Crippen molar-refractivity contribution < 1.29 is 14.4 Å². The van der Waals surface area contributed by atoms with Gasteiger partial charge in [0.2, 0.25) is 0 Å². The molecule has 138 valence electrons. The number of hydrogen-bond donors (Lipinski definition) is 2. The van der Waals surface area contributed by atoms with E-state index in [1.165, 1.54) is 0 Å². The third-order valence-corrected chi connectivity index (χ3v) is 4.32. The standard InChI is InChI=1S/C23H24N2O2/c1-3-15-27-20-13-11-18(12-14-20)16-25(2)17-23(26)24-22-10-6-8-19-7-4-5-9-21(19)22/h3-14H,1,15-17H2,2H3,(H,24,26)/p+1. The summed E-state index contributed by atoms with van der Waals surface area (Å²) in [5.74, 6) is 0.833. The molecule has 0 spiro atoms. The summed E-state index contributed by atoms with van der Waals surface area (Å²) in [4.78, 5) is 13.6. The van der Waals surface area contributed by atoms with E-state index in [4.69, 9.17) is 4.74 Å². The molecule has 4 nitrogen and oxygen atoms in total. The van der Waals surface area contributed by atoms with Crippen molar-refractivity contribution in [3.8, 4) is 5.75 Å². The molecule has 3 aromatic rings. The van der Waals surface area contributed by atoms with Gasteiger partial charge in [0.25, 0.3) is 5.91 Å². The van der Waals surface area contributed by atoms with Gasteiger partial charge in [-0.05, 0) is 35.7 Å².